The summed E-state index contributed by atoms with van der Waals surface area (Å²) in [6, 6.07) is 16.7. The zero-order valence-electron chi connectivity index (χ0n) is 16.1. The van der Waals surface area contributed by atoms with Crippen LogP contribution in [-0.2, 0) is 10.5 Å². The van der Waals surface area contributed by atoms with Gasteiger partial charge in [-0.1, -0.05) is 24.3 Å². The van der Waals surface area contributed by atoms with E-state index in [9.17, 15) is 15.2 Å². The molecule has 0 aliphatic carbocycles. The van der Waals surface area contributed by atoms with E-state index in [2.05, 4.69) is 6.07 Å². The van der Waals surface area contributed by atoms with E-state index < -0.39 is 5.72 Å². The molecule has 7 heteroatoms. The van der Waals surface area contributed by atoms with Crippen molar-refractivity contribution in [2.24, 2.45) is 0 Å². The molecule has 1 amide bonds. The van der Waals surface area contributed by atoms with Crippen molar-refractivity contribution in [2.45, 2.75) is 18.1 Å². The van der Waals surface area contributed by atoms with Crippen LogP contribution < -0.4 is 9.47 Å². The van der Waals surface area contributed by atoms with Crippen LogP contribution in [0.15, 0.2) is 59.1 Å². The first-order valence-corrected chi connectivity index (χ1v) is 10.1. The van der Waals surface area contributed by atoms with E-state index in [-0.39, 0.29) is 24.0 Å². The zero-order chi connectivity index (χ0) is 20.6. The quantitative estimate of drug-likeness (QED) is 0.835. The Morgan fingerprint density at radius 2 is 1.86 bits per heavy atom. The molecule has 0 saturated carbocycles. The van der Waals surface area contributed by atoms with Crippen LogP contribution >= 0.6 is 11.8 Å². The average molecular weight is 408 g/mol. The first-order valence-electron chi connectivity index (χ1n) is 9.13. The fourth-order valence-electron chi connectivity index (χ4n) is 3.85. The Kier molecular flexibility index (Phi) is 4.99. The van der Waals surface area contributed by atoms with Crippen LogP contribution in [-0.4, -0.2) is 35.9 Å². The largest absolute Gasteiger partial charge is 0.497 e. The molecule has 148 valence electrons. The number of nitrogens with zero attached hydrogens (tertiary/aromatic N) is 2. The van der Waals surface area contributed by atoms with Crippen LogP contribution in [0.3, 0.4) is 0 Å². The predicted molar refractivity (Wildman–Crippen MR) is 109 cm³/mol. The standard InChI is InChI=1S/C22H20N2O4S/c1-27-16-7-3-5-14(9-16)18-11-20(25)24-21(19(18)12-23)29-13-22(24,26)15-6-4-8-17(10-15)28-2/h3-10,18,26H,11,13H2,1-2H3/t18-,22-/m1/s1. The highest BCUT2D eigenvalue weighted by Gasteiger charge is 2.52. The normalized spacial score (nSPS) is 23.6. The number of benzene rings is 2. The number of rotatable bonds is 4. The summed E-state index contributed by atoms with van der Waals surface area (Å²) in [5, 5.41) is 21.9. The number of nitriles is 1. The minimum Gasteiger partial charge on any atom is -0.497 e. The maximum absolute atomic E-state index is 13.2. The third kappa shape index (κ3) is 3.15. The van der Waals surface area contributed by atoms with E-state index >= 15 is 0 Å². The average Bonchev–Trinajstić information content (AvgIpc) is 3.13. The smallest absolute Gasteiger partial charge is 0.231 e. The third-order valence-corrected chi connectivity index (χ3v) is 6.56. The van der Waals surface area contributed by atoms with Crippen molar-refractivity contribution in [1.82, 2.24) is 4.90 Å². The summed E-state index contributed by atoms with van der Waals surface area (Å²) in [6.07, 6.45) is 0.104. The number of fused-ring (bicyclic) bond motifs is 1. The maximum Gasteiger partial charge on any atom is 0.231 e. The van der Waals surface area contributed by atoms with Gasteiger partial charge in [0.1, 0.15) is 11.5 Å². The van der Waals surface area contributed by atoms with Gasteiger partial charge in [0.15, 0.2) is 5.72 Å². The number of carbonyl (C=O) groups excluding carboxylic acids is 1. The summed E-state index contributed by atoms with van der Waals surface area (Å²) in [5.41, 5.74) is 0.373. The molecule has 2 aromatic rings. The molecule has 2 atom stereocenters. The van der Waals surface area contributed by atoms with Crippen LogP contribution in [0.4, 0.5) is 0 Å². The van der Waals surface area contributed by atoms with Crippen molar-refractivity contribution in [2.75, 3.05) is 20.0 Å². The van der Waals surface area contributed by atoms with Gasteiger partial charge in [-0.05, 0) is 29.8 Å². The summed E-state index contributed by atoms with van der Waals surface area (Å²) in [6.45, 7) is 0. The molecule has 0 spiro atoms. The molecule has 29 heavy (non-hydrogen) atoms. The SMILES string of the molecule is COc1cccc([C@H]2CC(=O)N3C(=C2C#N)SC[C@@]3(O)c2cccc(OC)c2)c1. The number of hydrogen-bond acceptors (Lipinski definition) is 6. The first-order chi connectivity index (χ1) is 14.0. The fraction of sp³-hybridized carbons (Fsp3) is 0.273. The zero-order valence-corrected chi connectivity index (χ0v) is 16.9. The van der Waals surface area contributed by atoms with Gasteiger partial charge in [0.25, 0.3) is 0 Å². The topological polar surface area (TPSA) is 82.8 Å². The van der Waals surface area contributed by atoms with Crippen molar-refractivity contribution in [3.63, 3.8) is 0 Å². The Bertz CT molecular complexity index is 1050. The van der Waals surface area contributed by atoms with Crippen molar-refractivity contribution in [3.05, 3.63) is 70.3 Å². The van der Waals surface area contributed by atoms with Crippen LogP contribution in [0.2, 0.25) is 0 Å². The van der Waals surface area contributed by atoms with Gasteiger partial charge < -0.3 is 14.6 Å². The van der Waals surface area contributed by atoms with Crippen LogP contribution in [0, 0.1) is 11.3 Å². The number of thioether (sulfide) groups is 1. The number of ether oxygens (including phenoxy) is 2. The van der Waals surface area contributed by atoms with Gasteiger partial charge >= 0.3 is 0 Å². The van der Waals surface area contributed by atoms with Crippen molar-refractivity contribution in [3.8, 4) is 17.6 Å². The second-order valence-electron chi connectivity index (χ2n) is 6.93. The second kappa shape index (κ2) is 7.47. The van der Waals surface area contributed by atoms with Crippen LogP contribution in [0.25, 0.3) is 0 Å². The molecular formula is C22H20N2O4S. The Morgan fingerprint density at radius 1 is 1.17 bits per heavy atom. The molecule has 2 aliphatic rings. The highest BCUT2D eigenvalue weighted by atomic mass is 32.2. The minimum absolute atomic E-state index is 0.104. The summed E-state index contributed by atoms with van der Waals surface area (Å²) in [7, 11) is 3.13. The van der Waals surface area contributed by atoms with Gasteiger partial charge in [-0.25, -0.2) is 0 Å². The summed E-state index contributed by atoms with van der Waals surface area (Å²) < 4.78 is 10.6. The molecular weight excluding hydrogens is 388 g/mol. The summed E-state index contributed by atoms with van der Waals surface area (Å²) in [5.74, 6) is 0.928. The van der Waals surface area contributed by atoms with Crippen LogP contribution in [0.1, 0.15) is 23.5 Å². The number of hydrogen-bond donors (Lipinski definition) is 1. The van der Waals surface area contributed by atoms with Crippen LogP contribution in [0.5, 0.6) is 11.5 Å². The molecule has 2 aromatic carbocycles. The van der Waals surface area contributed by atoms with E-state index in [1.54, 1.807) is 38.5 Å². The molecule has 0 bridgehead atoms. The molecule has 2 heterocycles. The number of amides is 1. The monoisotopic (exact) mass is 408 g/mol. The lowest BCUT2D eigenvalue weighted by molar-refractivity contribution is -0.149. The molecule has 2 aliphatic heterocycles. The Balaban J connectivity index is 1.79. The van der Waals surface area contributed by atoms with Gasteiger partial charge in [-0.15, -0.1) is 11.8 Å². The molecule has 1 N–H and O–H groups in total. The number of carbonyl (C=O) groups is 1. The van der Waals surface area contributed by atoms with Gasteiger partial charge in [0.2, 0.25) is 5.91 Å². The lowest BCUT2D eigenvalue weighted by Crippen LogP contribution is -2.48. The van der Waals surface area contributed by atoms with Gasteiger partial charge in [-0.2, -0.15) is 5.26 Å². The van der Waals surface area contributed by atoms with E-state index in [1.807, 2.05) is 24.3 Å². The van der Waals surface area contributed by atoms with E-state index in [1.165, 1.54) is 16.7 Å². The fourth-order valence-corrected chi connectivity index (χ4v) is 5.21. The highest BCUT2D eigenvalue weighted by Crippen LogP contribution is 2.52. The Hall–Kier alpha value is -2.95. The van der Waals surface area contributed by atoms with Gasteiger partial charge in [0.05, 0.1) is 36.6 Å². The molecule has 0 aromatic heterocycles. The minimum atomic E-state index is -1.52. The first kappa shape index (κ1) is 19.4. The lowest BCUT2D eigenvalue weighted by Gasteiger charge is -2.38. The summed E-state index contributed by atoms with van der Waals surface area (Å²) >= 11 is 1.33. The Morgan fingerprint density at radius 3 is 2.55 bits per heavy atom. The van der Waals surface area contributed by atoms with Gasteiger partial charge in [0, 0.05) is 17.9 Å². The Labute approximate surface area is 173 Å². The third-order valence-electron chi connectivity index (χ3n) is 5.34. The molecule has 0 radical (unpaired) electrons. The maximum atomic E-state index is 13.2. The lowest BCUT2D eigenvalue weighted by atomic mass is 9.85. The summed E-state index contributed by atoms with van der Waals surface area (Å²) in [4.78, 5) is 14.5. The number of methoxy groups -OCH3 is 2. The predicted octanol–water partition coefficient (Wildman–Crippen LogP) is 3.35. The molecule has 1 fully saturated rings. The number of aliphatic hydroxyl groups is 1. The molecule has 4 rings (SSSR count). The van der Waals surface area contributed by atoms with E-state index in [0.29, 0.717) is 27.7 Å². The van der Waals surface area contributed by atoms with Crippen molar-refractivity contribution < 1.29 is 19.4 Å². The van der Waals surface area contributed by atoms with Crippen molar-refractivity contribution >= 4 is 17.7 Å². The molecule has 6 nitrogen and oxygen atoms in total. The number of allylic oxidation sites excluding steroid dienone is 1. The van der Waals surface area contributed by atoms with E-state index in [0.717, 1.165) is 5.56 Å². The molecule has 1 saturated heterocycles. The molecule has 0 unspecified atom stereocenters. The van der Waals surface area contributed by atoms with Crippen molar-refractivity contribution in [1.29, 1.82) is 5.26 Å². The highest BCUT2D eigenvalue weighted by molar-refractivity contribution is 8.03. The van der Waals surface area contributed by atoms with Gasteiger partial charge in [-0.3, -0.25) is 9.69 Å². The second-order valence-corrected chi connectivity index (χ2v) is 7.89. The van der Waals surface area contributed by atoms with E-state index in [4.69, 9.17) is 9.47 Å².